The van der Waals surface area contributed by atoms with Crippen molar-refractivity contribution in [2.45, 2.75) is 111 Å². The minimum atomic E-state index is 0.0513. The first-order valence-electron chi connectivity index (χ1n) is 49.7. The first kappa shape index (κ1) is 91.0. The van der Waals surface area contributed by atoms with Crippen molar-refractivity contribution < 1.29 is 0 Å². The second kappa shape index (κ2) is 39.2. The van der Waals surface area contributed by atoms with E-state index in [1.807, 2.05) is 0 Å². The van der Waals surface area contributed by atoms with Crippen LogP contribution in [0.25, 0.3) is 154 Å². The average Bonchev–Trinajstić information content (AvgIpc) is 1.59. The minimum absolute atomic E-state index is 0.0513. The van der Waals surface area contributed by atoms with Crippen LogP contribution in [0.3, 0.4) is 0 Å². The van der Waals surface area contributed by atoms with E-state index < -0.39 is 0 Å². The molecule has 4 heterocycles. The summed E-state index contributed by atoms with van der Waals surface area (Å²) < 4.78 is 9.64. The van der Waals surface area contributed by atoms with Crippen molar-refractivity contribution in [2.24, 2.45) is 0 Å². The fraction of sp³-hybridized carbons (Fsp3) is 0.124. The smallest absolute Gasteiger partial charge is 0.0541 e. The van der Waals surface area contributed by atoms with Gasteiger partial charge >= 0.3 is 0 Å². The van der Waals surface area contributed by atoms with Gasteiger partial charge in [-0.25, -0.2) is 0 Å². The van der Waals surface area contributed by atoms with Gasteiger partial charge in [0.25, 0.3) is 0 Å². The van der Waals surface area contributed by atoms with E-state index in [2.05, 4.69) is 573 Å². The lowest BCUT2D eigenvalue weighted by molar-refractivity contribution is 0.587. The zero-order valence-electron chi connectivity index (χ0n) is 82.3. The Hall–Kier alpha value is -16.4. The van der Waals surface area contributed by atoms with Gasteiger partial charge in [0.1, 0.15) is 0 Å². The summed E-state index contributed by atoms with van der Waals surface area (Å²) in [6.45, 7) is 22.7. The molecular formula is C137H118N4. The molecule has 0 spiro atoms. The predicted octanol–water partition coefficient (Wildman–Crippen LogP) is 36.4. The molecule has 0 saturated heterocycles. The topological polar surface area (TPSA) is 19.7 Å². The van der Waals surface area contributed by atoms with Crippen LogP contribution >= 0.6 is 0 Å². The molecule has 0 atom stereocenters. The van der Waals surface area contributed by atoms with Gasteiger partial charge in [-0.1, -0.05) is 438 Å². The molecule has 0 bridgehead atoms. The summed E-state index contributed by atoms with van der Waals surface area (Å²) in [6.07, 6.45) is 3.84. The first-order valence-corrected chi connectivity index (χ1v) is 49.7. The number of nitrogens with zero attached hydrogens (tertiary/aromatic N) is 4. The highest BCUT2D eigenvalue weighted by Crippen LogP contribution is 2.44. The van der Waals surface area contributed by atoms with Crippen LogP contribution in [-0.4, -0.2) is 18.3 Å². The van der Waals surface area contributed by atoms with E-state index in [0.29, 0.717) is 0 Å². The maximum absolute atomic E-state index is 2.44. The summed E-state index contributed by atoms with van der Waals surface area (Å²) >= 11 is 0. The van der Waals surface area contributed by atoms with Crippen LogP contribution in [-0.2, 0) is 41.9 Å². The lowest BCUT2D eigenvalue weighted by Gasteiger charge is -2.24. The molecule has 0 radical (unpaired) electrons. The fourth-order valence-corrected chi connectivity index (χ4v) is 20.6. The Bertz CT molecular complexity index is 8570. The third-order valence-corrected chi connectivity index (χ3v) is 28.1. The third kappa shape index (κ3) is 19.3. The van der Waals surface area contributed by atoms with Crippen LogP contribution in [0.4, 0.5) is 0 Å². The van der Waals surface area contributed by atoms with Gasteiger partial charge in [-0.15, -0.1) is 0 Å². The molecule has 4 aromatic heterocycles. The Morgan fingerprint density at radius 2 is 0.426 bits per heavy atom. The molecule has 141 heavy (non-hydrogen) atoms. The van der Waals surface area contributed by atoms with Crippen LogP contribution < -0.4 is 0 Å². The number of benzene rings is 20. The van der Waals surface area contributed by atoms with Crippen LogP contribution in [0, 0.1) is 6.92 Å². The Morgan fingerprint density at radius 1 is 0.163 bits per heavy atom. The number of rotatable bonds is 16. The molecule has 4 nitrogen and oxygen atoms in total. The van der Waals surface area contributed by atoms with Crippen molar-refractivity contribution in [1.82, 2.24) is 18.3 Å². The molecule has 0 unspecified atom stereocenters. The fourth-order valence-electron chi connectivity index (χ4n) is 20.6. The second-order valence-corrected chi connectivity index (χ2v) is 40.9. The van der Waals surface area contributed by atoms with Gasteiger partial charge in [-0.2, -0.15) is 0 Å². The number of para-hydroxylation sites is 6. The second-order valence-electron chi connectivity index (χ2n) is 40.9. The average molecular weight is 1820 g/mol. The van der Waals surface area contributed by atoms with E-state index in [9.17, 15) is 0 Å². The van der Waals surface area contributed by atoms with Crippen molar-refractivity contribution in [3.8, 4) is 67.3 Å². The number of hydrogen-bond donors (Lipinski definition) is 0. The molecule has 24 rings (SSSR count). The standard InChI is InChI=1S/3C35H31N.C32H25N/c1-35(2,3)31-14-8-10-16-34(31)36-32-15-9-7-13-29(32)30-24-28(21-22-33(30)36)27-19-17-26(18-20-27)23-25-11-5-4-6-12-25;1-35(2,3)29-12-9-13-30(24-29)36-33-15-8-7-14-31(33)32-23-28(20-21-34(32)36)27-18-16-26(17-19-27)22-25-10-5-4-6-11-25;1-35(2,3)29-18-20-30(21-19-29)36-33-12-8-7-11-31(33)32-24-28(17-22-34(32)36)27-15-13-26(14-16-27)23-25-9-5-4-6-10-25;1-23-9-5-7-13-30(23)33-31-14-8-6-12-28(31)29-22-27(19-20-32(29)33)26-17-15-25(16-18-26)21-24-10-3-2-4-11-24/h4-22,24H,23H2,1-3H3;4-21,23-24H,22H2,1-3H3;4-22,24H,23H2,1-3H3;2-20,22H,21H2,1H3. The summed E-state index contributed by atoms with van der Waals surface area (Å²) in [7, 11) is 0. The summed E-state index contributed by atoms with van der Waals surface area (Å²) in [6, 6.07) is 177. The van der Waals surface area contributed by atoms with Crippen molar-refractivity contribution in [3.63, 3.8) is 0 Å². The Kier molecular flexibility index (Phi) is 25.3. The molecule has 0 aliphatic carbocycles. The van der Waals surface area contributed by atoms with Gasteiger partial charge in [0.05, 0.1) is 44.1 Å². The van der Waals surface area contributed by atoms with Crippen LogP contribution in [0.15, 0.2) is 485 Å². The molecule has 4 heteroatoms. The number of aryl methyl sites for hydroxylation is 1. The highest BCUT2D eigenvalue weighted by atomic mass is 15.0. The number of aromatic nitrogens is 4. The van der Waals surface area contributed by atoms with Gasteiger partial charge in [0.15, 0.2) is 0 Å². The van der Waals surface area contributed by atoms with E-state index in [0.717, 1.165) is 25.7 Å². The lowest BCUT2D eigenvalue weighted by atomic mass is 9.85. The van der Waals surface area contributed by atoms with E-state index in [1.165, 1.54) is 221 Å². The van der Waals surface area contributed by atoms with E-state index in [4.69, 9.17) is 0 Å². The molecule has 20 aromatic carbocycles. The number of hydrogen-bond acceptors (Lipinski definition) is 0. The Balaban J connectivity index is 0.000000111. The zero-order valence-corrected chi connectivity index (χ0v) is 82.3. The van der Waals surface area contributed by atoms with Crippen LogP contribution in [0.1, 0.15) is 129 Å². The highest BCUT2D eigenvalue weighted by molar-refractivity contribution is 6.14. The summed E-state index contributed by atoms with van der Waals surface area (Å²) in [5, 5.41) is 10.3. The van der Waals surface area contributed by atoms with Gasteiger partial charge < -0.3 is 18.3 Å². The minimum Gasteiger partial charge on any atom is -0.309 e. The predicted molar refractivity (Wildman–Crippen MR) is 603 cm³/mol. The van der Waals surface area contributed by atoms with Crippen molar-refractivity contribution >= 4 is 87.2 Å². The van der Waals surface area contributed by atoms with Crippen LogP contribution in [0.5, 0.6) is 0 Å². The molecule has 0 fully saturated rings. The van der Waals surface area contributed by atoms with Gasteiger partial charge in [-0.05, 0) is 269 Å². The maximum Gasteiger partial charge on any atom is 0.0541 e. The first-order chi connectivity index (χ1) is 68.7. The van der Waals surface area contributed by atoms with Crippen molar-refractivity contribution in [2.75, 3.05) is 0 Å². The van der Waals surface area contributed by atoms with E-state index in [-0.39, 0.29) is 16.2 Å². The van der Waals surface area contributed by atoms with Crippen molar-refractivity contribution in [3.05, 3.63) is 552 Å². The Labute approximate surface area is 830 Å². The van der Waals surface area contributed by atoms with E-state index in [1.54, 1.807) is 0 Å². The Morgan fingerprint density at radius 3 is 0.759 bits per heavy atom. The lowest BCUT2D eigenvalue weighted by Crippen LogP contribution is -2.15. The zero-order chi connectivity index (χ0) is 96.3. The molecule has 0 saturated carbocycles. The largest absolute Gasteiger partial charge is 0.309 e. The molecule has 24 aromatic rings. The summed E-state index contributed by atoms with van der Waals surface area (Å²) in [5.74, 6) is 0. The third-order valence-electron chi connectivity index (χ3n) is 28.1. The van der Waals surface area contributed by atoms with Gasteiger partial charge in [0, 0.05) is 65.8 Å². The monoisotopic (exact) mass is 1820 g/mol. The summed E-state index contributed by atoms with van der Waals surface area (Å²) in [4.78, 5) is 0. The van der Waals surface area contributed by atoms with Gasteiger partial charge in [0.2, 0.25) is 0 Å². The summed E-state index contributed by atoms with van der Waals surface area (Å²) in [5.41, 5.74) is 41.2. The quantitative estimate of drug-likeness (QED) is 0.0919. The molecule has 0 amide bonds. The molecule has 0 N–H and O–H groups in total. The van der Waals surface area contributed by atoms with Crippen LogP contribution in [0.2, 0.25) is 0 Å². The van der Waals surface area contributed by atoms with Crippen molar-refractivity contribution in [1.29, 1.82) is 0 Å². The SMILES string of the molecule is CC(C)(C)c1ccc(-n2c3ccccc3c3cc(-c4ccc(Cc5ccccc5)cc4)ccc32)cc1.CC(C)(C)c1cccc(-n2c3ccccc3c3cc(-c4ccc(Cc5ccccc5)cc4)ccc32)c1.CC(C)(C)c1ccccc1-n1c2ccccc2c2cc(-c3ccc(Cc4ccccc4)cc3)ccc21.Cc1ccccc1-n1c2ccccc2c2cc(-c3ccc(Cc4ccccc4)cc3)ccc21. The normalized spacial score (nSPS) is 11.7. The van der Waals surface area contributed by atoms with E-state index >= 15 is 0 Å². The number of fused-ring (bicyclic) bond motifs is 12. The molecular weight excluding hydrogens is 1700 g/mol. The molecule has 686 valence electrons. The highest BCUT2D eigenvalue weighted by Gasteiger charge is 2.25. The molecule has 0 aliphatic heterocycles. The van der Waals surface area contributed by atoms with Gasteiger partial charge in [-0.3, -0.25) is 0 Å². The molecule has 0 aliphatic rings. The maximum atomic E-state index is 2.44.